The van der Waals surface area contributed by atoms with E-state index in [9.17, 15) is 4.79 Å². The van der Waals surface area contributed by atoms with Gasteiger partial charge < -0.3 is 9.47 Å². The zero-order valence-electron chi connectivity index (χ0n) is 16.4. The predicted molar refractivity (Wildman–Crippen MR) is 115 cm³/mol. The van der Waals surface area contributed by atoms with Crippen LogP contribution in [0.4, 0.5) is 0 Å². The van der Waals surface area contributed by atoms with Crippen molar-refractivity contribution in [2.45, 2.75) is 19.8 Å². The van der Waals surface area contributed by atoms with Crippen LogP contribution in [-0.4, -0.2) is 18.7 Å². The van der Waals surface area contributed by atoms with E-state index in [1.54, 1.807) is 30.5 Å². The lowest BCUT2D eigenvalue weighted by atomic mass is 10.2. The van der Waals surface area contributed by atoms with Crippen molar-refractivity contribution < 1.29 is 14.3 Å². The Kier molecular flexibility index (Phi) is 7.41. The third-order valence-corrected chi connectivity index (χ3v) is 4.10. The second-order valence-electron chi connectivity index (χ2n) is 6.41. The number of benzene rings is 3. The quantitative estimate of drug-likeness (QED) is 0.302. The van der Waals surface area contributed by atoms with Gasteiger partial charge in [-0.1, -0.05) is 43.7 Å². The van der Waals surface area contributed by atoms with Gasteiger partial charge in [0.2, 0.25) is 0 Å². The van der Waals surface area contributed by atoms with Crippen LogP contribution < -0.4 is 14.9 Å². The summed E-state index contributed by atoms with van der Waals surface area (Å²) in [5.41, 5.74) is 3.87. The molecule has 0 saturated heterocycles. The zero-order valence-corrected chi connectivity index (χ0v) is 16.4. The average molecular weight is 388 g/mol. The Morgan fingerprint density at radius 2 is 1.69 bits per heavy atom. The second-order valence-corrected chi connectivity index (χ2v) is 6.41. The van der Waals surface area contributed by atoms with Crippen molar-refractivity contribution in [3.63, 3.8) is 0 Å². The lowest BCUT2D eigenvalue weighted by molar-refractivity contribution is 0.0955. The maximum atomic E-state index is 12.2. The van der Waals surface area contributed by atoms with Gasteiger partial charge in [-0.25, -0.2) is 5.43 Å². The molecule has 0 unspecified atom stereocenters. The van der Waals surface area contributed by atoms with Crippen molar-refractivity contribution in [3.8, 4) is 17.2 Å². The van der Waals surface area contributed by atoms with Crippen molar-refractivity contribution in [1.29, 1.82) is 0 Å². The Bertz CT molecular complexity index is 938. The molecule has 5 heteroatoms. The van der Waals surface area contributed by atoms with Crippen molar-refractivity contribution in [2.75, 3.05) is 6.61 Å². The molecule has 0 radical (unpaired) electrons. The van der Waals surface area contributed by atoms with Gasteiger partial charge in [0.1, 0.15) is 17.2 Å². The molecule has 148 valence electrons. The number of nitrogens with one attached hydrogen (secondary N) is 1. The summed E-state index contributed by atoms with van der Waals surface area (Å²) in [4.78, 5) is 12.2. The average Bonchev–Trinajstić information content (AvgIpc) is 2.75. The molecule has 0 spiro atoms. The molecule has 3 rings (SSSR count). The first kappa shape index (κ1) is 20.1. The third-order valence-electron chi connectivity index (χ3n) is 4.10. The van der Waals surface area contributed by atoms with E-state index < -0.39 is 0 Å². The Morgan fingerprint density at radius 1 is 0.931 bits per heavy atom. The third kappa shape index (κ3) is 6.50. The summed E-state index contributed by atoms with van der Waals surface area (Å²) in [5.74, 6) is 1.94. The molecule has 0 aromatic heterocycles. The molecule has 1 N–H and O–H groups in total. The summed E-state index contributed by atoms with van der Waals surface area (Å²) in [6, 6.07) is 24.1. The molecule has 0 aliphatic rings. The maximum Gasteiger partial charge on any atom is 0.271 e. The smallest absolute Gasteiger partial charge is 0.271 e. The number of hydrogen-bond acceptors (Lipinski definition) is 4. The number of nitrogens with zero attached hydrogens (tertiary/aromatic N) is 1. The van der Waals surface area contributed by atoms with E-state index in [0.717, 1.165) is 29.9 Å². The maximum absolute atomic E-state index is 12.2. The highest BCUT2D eigenvalue weighted by Gasteiger charge is 2.04. The van der Waals surface area contributed by atoms with Gasteiger partial charge in [-0.15, -0.1) is 0 Å². The number of amides is 1. The van der Waals surface area contributed by atoms with Crippen LogP contribution in [0, 0.1) is 0 Å². The lowest BCUT2D eigenvalue weighted by Crippen LogP contribution is -2.17. The minimum absolute atomic E-state index is 0.280. The highest BCUT2D eigenvalue weighted by Crippen LogP contribution is 2.21. The van der Waals surface area contributed by atoms with E-state index in [-0.39, 0.29) is 5.91 Å². The first-order chi connectivity index (χ1) is 14.2. The molecule has 3 aromatic carbocycles. The molecule has 0 aliphatic heterocycles. The molecule has 1 amide bonds. The Balaban J connectivity index is 1.54. The first-order valence-corrected chi connectivity index (χ1v) is 9.64. The van der Waals surface area contributed by atoms with Gasteiger partial charge in [0.15, 0.2) is 0 Å². The monoisotopic (exact) mass is 388 g/mol. The minimum atomic E-state index is -0.280. The van der Waals surface area contributed by atoms with Crippen LogP contribution in [-0.2, 0) is 0 Å². The largest absolute Gasteiger partial charge is 0.494 e. The fraction of sp³-hybridized carbons (Fsp3) is 0.167. The number of carbonyl (C=O) groups excluding carboxylic acids is 1. The Labute approximate surface area is 171 Å². The van der Waals surface area contributed by atoms with Crippen molar-refractivity contribution in [3.05, 3.63) is 90.0 Å². The predicted octanol–water partition coefficient (Wildman–Crippen LogP) is 5.42. The Hall–Kier alpha value is -3.60. The molecule has 5 nitrogen and oxygen atoms in total. The normalized spacial score (nSPS) is 10.7. The van der Waals surface area contributed by atoms with Crippen molar-refractivity contribution >= 4 is 12.1 Å². The van der Waals surface area contributed by atoms with Crippen LogP contribution in [0.1, 0.15) is 35.7 Å². The minimum Gasteiger partial charge on any atom is -0.494 e. The van der Waals surface area contributed by atoms with E-state index >= 15 is 0 Å². The van der Waals surface area contributed by atoms with Crippen molar-refractivity contribution in [2.24, 2.45) is 5.10 Å². The van der Waals surface area contributed by atoms with Gasteiger partial charge in [0.05, 0.1) is 12.8 Å². The molecule has 0 bridgehead atoms. The highest BCUT2D eigenvalue weighted by atomic mass is 16.5. The standard InChI is InChI=1S/C24H24N2O3/c1-2-3-16-28-21-14-12-20(13-15-21)24(27)26-25-18-19-8-7-11-23(17-19)29-22-9-5-4-6-10-22/h4-15,17-18H,2-3,16H2,1H3,(H,26,27)/b25-18-. The van der Waals surface area contributed by atoms with Gasteiger partial charge in [-0.05, 0) is 60.5 Å². The lowest BCUT2D eigenvalue weighted by Gasteiger charge is -2.06. The fourth-order valence-corrected chi connectivity index (χ4v) is 2.55. The van der Waals surface area contributed by atoms with E-state index in [4.69, 9.17) is 9.47 Å². The van der Waals surface area contributed by atoms with Crippen LogP contribution in [0.25, 0.3) is 0 Å². The number of rotatable bonds is 9. The number of ether oxygens (including phenoxy) is 2. The number of unbranched alkanes of at least 4 members (excludes halogenated alkanes) is 1. The first-order valence-electron chi connectivity index (χ1n) is 9.64. The van der Waals surface area contributed by atoms with Gasteiger partial charge in [-0.2, -0.15) is 5.10 Å². The number of para-hydroxylation sites is 1. The van der Waals surface area contributed by atoms with Crippen LogP contribution >= 0.6 is 0 Å². The molecule has 0 aliphatic carbocycles. The number of hydrogen-bond donors (Lipinski definition) is 1. The fourth-order valence-electron chi connectivity index (χ4n) is 2.55. The summed E-state index contributed by atoms with van der Waals surface area (Å²) in [7, 11) is 0. The molecule has 0 saturated carbocycles. The van der Waals surface area contributed by atoms with Crippen LogP contribution in [0.3, 0.4) is 0 Å². The van der Waals surface area contributed by atoms with Crippen molar-refractivity contribution in [1.82, 2.24) is 5.43 Å². The van der Waals surface area contributed by atoms with Crippen LogP contribution in [0.15, 0.2) is 84.0 Å². The topological polar surface area (TPSA) is 59.9 Å². The van der Waals surface area contributed by atoms with E-state index in [1.807, 2.05) is 54.6 Å². The molecule has 0 fully saturated rings. The van der Waals surface area contributed by atoms with Gasteiger partial charge in [0, 0.05) is 5.56 Å². The summed E-state index contributed by atoms with van der Waals surface area (Å²) >= 11 is 0. The van der Waals surface area contributed by atoms with Gasteiger partial charge >= 0.3 is 0 Å². The van der Waals surface area contributed by atoms with E-state index in [1.165, 1.54) is 0 Å². The van der Waals surface area contributed by atoms with Crippen LogP contribution in [0.5, 0.6) is 17.2 Å². The molecule has 0 heterocycles. The van der Waals surface area contributed by atoms with Gasteiger partial charge in [-0.3, -0.25) is 4.79 Å². The van der Waals surface area contributed by atoms with Gasteiger partial charge in [0.25, 0.3) is 5.91 Å². The number of hydrazone groups is 1. The molecular weight excluding hydrogens is 364 g/mol. The molecule has 0 atom stereocenters. The summed E-state index contributed by atoms with van der Waals surface area (Å²) in [6.45, 7) is 2.79. The van der Waals surface area contributed by atoms with E-state index in [0.29, 0.717) is 17.9 Å². The number of carbonyl (C=O) groups is 1. The second kappa shape index (κ2) is 10.7. The molecule has 3 aromatic rings. The summed E-state index contributed by atoms with van der Waals surface area (Å²) < 4.78 is 11.4. The highest BCUT2D eigenvalue weighted by molar-refractivity contribution is 5.95. The SMILES string of the molecule is CCCCOc1ccc(C(=O)N/N=C\c2cccc(Oc3ccccc3)c2)cc1. The Morgan fingerprint density at radius 3 is 2.45 bits per heavy atom. The summed E-state index contributed by atoms with van der Waals surface area (Å²) in [6.07, 6.45) is 3.67. The summed E-state index contributed by atoms with van der Waals surface area (Å²) in [5, 5.41) is 4.04. The van der Waals surface area contributed by atoms with E-state index in [2.05, 4.69) is 17.5 Å². The van der Waals surface area contributed by atoms with Crippen LogP contribution in [0.2, 0.25) is 0 Å². The molecule has 29 heavy (non-hydrogen) atoms. The molecular formula is C24H24N2O3. The zero-order chi connectivity index (χ0) is 20.3.